The first-order valence-corrected chi connectivity index (χ1v) is 7.03. The SMILES string of the molecule is CCNC(=O)N1CCC(c2nc(C)cs2)CC1. The highest BCUT2D eigenvalue weighted by Gasteiger charge is 2.24. The van der Waals surface area contributed by atoms with Crippen molar-refractivity contribution < 1.29 is 4.79 Å². The van der Waals surface area contributed by atoms with Crippen LogP contribution in [0.3, 0.4) is 0 Å². The average molecular weight is 253 g/mol. The maximum absolute atomic E-state index is 11.6. The fourth-order valence-corrected chi connectivity index (χ4v) is 3.12. The summed E-state index contributed by atoms with van der Waals surface area (Å²) in [5.74, 6) is 0.541. The molecular formula is C12H19N3OS. The summed E-state index contributed by atoms with van der Waals surface area (Å²) in [5.41, 5.74) is 1.11. The average Bonchev–Trinajstić information content (AvgIpc) is 2.76. The molecule has 2 amide bonds. The number of urea groups is 1. The standard InChI is InChI=1S/C12H19N3OS/c1-3-13-12(16)15-6-4-10(5-7-15)11-14-9(2)8-17-11/h8,10H,3-7H2,1-2H3,(H,13,16). The van der Waals surface area contributed by atoms with Gasteiger partial charge in [-0.15, -0.1) is 11.3 Å². The van der Waals surface area contributed by atoms with Gasteiger partial charge in [0.25, 0.3) is 0 Å². The van der Waals surface area contributed by atoms with E-state index in [-0.39, 0.29) is 6.03 Å². The quantitative estimate of drug-likeness (QED) is 0.879. The lowest BCUT2D eigenvalue weighted by Crippen LogP contribution is -2.44. The molecule has 0 unspecified atom stereocenters. The van der Waals surface area contributed by atoms with Gasteiger partial charge in [0.1, 0.15) is 0 Å². The lowest BCUT2D eigenvalue weighted by Gasteiger charge is -2.31. The molecule has 0 atom stereocenters. The molecule has 0 aromatic carbocycles. The predicted octanol–water partition coefficient (Wildman–Crippen LogP) is 2.36. The van der Waals surface area contributed by atoms with E-state index in [9.17, 15) is 4.79 Å². The third kappa shape index (κ3) is 2.97. The van der Waals surface area contributed by atoms with Gasteiger partial charge in [-0.2, -0.15) is 0 Å². The summed E-state index contributed by atoms with van der Waals surface area (Å²) >= 11 is 1.75. The van der Waals surface area contributed by atoms with E-state index in [0.717, 1.165) is 31.6 Å². The third-order valence-electron chi connectivity index (χ3n) is 3.10. The van der Waals surface area contributed by atoms with Crippen LogP contribution < -0.4 is 5.32 Å². The molecule has 94 valence electrons. The monoisotopic (exact) mass is 253 g/mol. The Kier molecular flexibility index (Phi) is 3.99. The minimum atomic E-state index is 0.0706. The molecule has 1 saturated heterocycles. The van der Waals surface area contributed by atoms with E-state index in [1.165, 1.54) is 5.01 Å². The van der Waals surface area contributed by atoms with Crippen LogP contribution in [0.2, 0.25) is 0 Å². The van der Waals surface area contributed by atoms with Crippen LogP contribution in [-0.2, 0) is 0 Å². The predicted molar refractivity (Wildman–Crippen MR) is 69.5 cm³/mol. The molecule has 1 aromatic heterocycles. The Bertz CT molecular complexity index is 383. The summed E-state index contributed by atoms with van der Waals surface area (Å²) in [4.78, 5) is 18.1. The van der Waals surface area contributed by atoms with Crippen LogP contribution in [0.4, 0.5) is 4.79 Å². The second kappa shape index (κ2) is 5.49. The van der Waals surface area contributed by atoms with Crippen molar-refractivity contribution in [2.45, 2.75) is 32.6 Å². The number of carbonyl (C=O) groups is 1. The molecule has 0 radical (unpaired) electrons. The smallest absolute Gasteiger partial charge is 0.317 e. The highest BCUT2D eigenvalue weighted by Crippen LogP contribution is 2.30. The molecule has 2 heterocycles. The zero-order valence-corrected chi connectivity index (χ0v) is 11.2. The van der Waals surface area contributed by atoms with Crippen molar-refractivity contribution in [1.82, 2.24) is 15.2 Å². The molecule has 0 spiro atoms. The third-order valence-corrected chi connectivity index (χ3v) is 4.22. The van der Waals surface area contributed by atoms with Crippen LogP contribution in [0.15, 0.2) is 5.38 Å². The normalized spacial score (nSPS) is 17.2. The van der Waals surface area contributed by atoms with Gasteiger partial charge in [-0.25, -0.2) is 9.78 Å². The van der Waals surface area contributed by atoms with Gasteiger partial charge in [-0.05, 0) is 26.7 Å². The van der Waals surface area contributed by atoms with Gasteiger partial charge in [0.2, 0.25) is 0 Å². The molecule has 1 aliphatic heterocycles. The Morgan fingerprint density at radius 2 is 2.29 bits per heavy atom. The minimum Gasteiger partial charge on any atom is -0.338 e. The Labute approximate surface area is 106 Å². The van der Waals surface area contributed by atoms with Crippen LogP contribution in [0.1, 0.15) is 36.4 Å². The first-order valence-electron chi connectivity index (χ1n) is 6.15. The Morgan fingerprint density at radius 1 is 1.59 bits per heavy atom. The number of nitrogens with one attached hydrogen (secondary N) is 1. The van der Waals surface area contributed by atoms with Crippen LogP contribution in [0.5, 0.6) is 0 Å². The van der Waals surface area contributed by atoms with Crippen LogP contribution >= 0.6 is 11.3 Å². The second-order valence-electron chi connectivity index (χ2n) is 4.42. The minimum absolute atomic E-state index is 0.0706. The van der Waals surface area contributed by atoms with Crippen molar-refractivity contribution in [1.29, 1.82) is 0 Å². The lowest BCUT2D eigenvalue weighted by atomic mass is 9.98. The van der Waals surface area contributed by atoms with Crippen molar-refractivity contribution in [2.24, 2.45) is 0 Å². The highest BCUT2D eigenvalue weighted by atomic mass is 32.1. The number of aryl methyl sites for hydroxylation is 1. The Morgan fingerprint density at radius 3 is 2.82 bits per heavy atom. The van der Waals surface area contributed by atoms with Crippen molar-refractivity contribution in [2.75, 3.05) is 19.6 Å². The van der Waals surface area contributed by atoms with Gasteiger partial charge < -0.3 is 10.2 Å². The van der Waals surface area contributed by atoms with Gasteiger partial charge in [-0.1, -0.05) is 0 Å². The highest BCUT2D eigenvalue weighted by molar-refractivity contribution is 7.09. The summed E-state index contributed by atoms with van der Waals surface area (Å²) in [5, 5.41) is 6.18. The summed E-state index contributed by atoms with van der Waals surface area (Å²) in [7, 11) is 0. The number of amides is 2. The molecule has 1 aromatic rings. The fraction of sp³-hybridized carbons (Fsp3) is 0.667. The molecule has 0 bridgehead atoms. The second-order valence-corrected chi connectivity index (χ2v) is 5.31. The number of hydrogen-bond donors (Lipinski definition) is 1. The van der Waals surface area contributed by atoms with Crippen LogP contribution in [0.25, 0.3) is 0 Å². The van der Waals surface area contributed by atoms with Gasteiger partial charge >= 0.3 is 6.03 Å². The first kappa shape index (κ1) is 12.4. The van der Waals surface area contributed by atoms with Gasteiger partial charge in [0.05, 0.1) is 5.01 Å². The summed E-state index contributed by atoms with van der Waals surface area (Å²) in [6, 6.07) is 0.0706. The fourth-order valence-electron chi connectivity index (χ4n) is 2.15. The number of thiazole rings is 1. The van der Waals surface area contributed by atoms with Crippen LogP contribution in [-0.4, -0.2) is 35.5 Å². The van der Waals surface area contributed by atoms with Crippen molar-refractivity contribution in [3.05, 3.63) is 16.1 Å². The largest absolute Gasteiger partial charge is 0.338 e. The first-order chi connectivity index (χ1) is 8.20. The van der Waals surface area contributed by atoms with E-state index >= 15 is 0 Å². The van der Waals surface area contributed by atoms with E-state index < -0.39 is 0 Å². The summed E-state index contributed by atoms with van der Waals surface area (Å²) in [6.45, 7) is 6.36. The lowest BCUT2D eigenvalue weighted by molar-refractivity contribution is 0.182. The molecular weight excluding hydrogens is 234 g/mol. The number of carbonyl (C=O) groups excluding carboxylic acids is 1. The molecule has 0 aliphatic carbocycles. The Balaban J connectivity index is 1.88. The van der Waals surface area contributed by atoms with Crippen LogP contribution in [0, 0.1) is 6.92 Å². The Hall–Kier alpha value is -1.10. The zero-order valence-electron chi connectivity index (χ0n) is 10.4. The summed E-state index contributed by atoms with van der Waals surface area (Å²) in [6.07, 6.45) is 2.06. The van der Waals surface area contributed by atoms with E-state index in [1.54, 1.807) is 11.3 Å². The van der Waals surface area contributed by atoms with E-state index in [2.05, 4.69) is 15.7 Å². The number of nitrogens with zero attached hydrogens (tertiary/aromatic N) is 2. The number of rotatable bonds is 2. The van der Waals surface area contributed by atoms with E-state index in [1.807, 2.05) is 18.7 Å². The molecule has 0 saturated carbocycles. The van der Waals surface area contributed by atoms with Gasteiger partial charge in [0.15, 0.2) is 0 Å². The number of piperidine rings is 1. The molecule has 2 rings (SSSR count). The topological polar surface area (TPSA) is 45.2 Å². The number of likely N-dealkylation sites (tertiary alicyclic amines) is 1. The van der Waals surface area contributed by atoms with Gasteiger partial charge in [-0.3, -0.25) is 0 Å². The van der Waals surface area contributed by atoms with Crippen molar-refractivity contribution in [3.8, 4) is 0 Å². The van der Waals surface area contributed by atoms with Crippen molar-refractivity contribution in [3.63, 3.8) is 0 Å². The molecule has 17 heavy (non-hydrogen) atoms. The van der Waals surface area contributed by atoms with E-state index in [4.69, 9.17) is 0 Å². The maximum Gasteiger partial charge on any atom is 0.317 e. The zero-order chi connectivity index (χ0) is 12.3. The summed E-state index contributed by atoms with van der Waals surface area (Å²) < 4.78 is 0. The molecule has 4 nitrogen and oxygen atoms in total. The molecule has 1 aliphatic rings. The van der Waals surface area contributed by atoms with Crippen molar-refractivity contribution >= 4 is 17.4 Å². The number of aromatic nitrogens is 1. The van der Waals surface area contributed by atoms with Gasteiger partial charge in [0, 0.05) is 36.6 Å². The van der Waals surface area contributed by atoms with E-state index in [0.29, 0.717) is 12.5 Å². The molecule has 5 heteroatoms. The number of hydrogen-bond acceptors (Lipinski definition) is 3. The molecule has 1 fully saturated rings. The maximum atomic E-state index is 11.6. The molecule has 1 N–H and O–H groups in total.